The number of hydrogen-bond donors (Lipinski definition) is 1. The van der Waals surface area contributed by atoms with E-state index in [1.54, 1.807) is 12.1 Å². The predicted molar refractivity (Wildman–Crippen MR) is 63.5 cm³/mol. The first-order valence-electron chi connectivity index (χ1n) is 4.42. The van der Waals surface area contributed by atoms with Crippen molar-refractivity contribution < 1.29 is 14.3 Å². The molecule has 0 fully saturated rings. The van der Waals surface area contributed by atoms with E-state index >= 15 is 0 Å². The second-order valence-electron chi connectivity index (χ2n) is 2.90. The summed E-state index contributed by atoms with van der Waals surface area (Å²) < 4.78 is 9.48. The fraction of sp³-hybridized carbons (Fsp3) is 0.300. The fourth-order valence-electron chi connectivity index (χ4n) is 1.06. The van der Waals surface area contributed by atoms with Gasteiger partial charge in [-0.25, -0.2) is 0 Å². The summed E-state index contributed by atoms with van der Waals surface area (Å²) in [6, 6.07) is 3.16. The lowest BCUT2D eigenvalue weighted by Crippen LogP contribution is -2.15. The van der Waals surface area contributed by atoms with E-state index in [-0.39, 0.29) is 12.5 Å². The Morgan fingerprint density at radius 3 is 2.56 bits per heavy atom. The SMILES string of the molecule is COC(=O)CNc1cc(Cl)c(OC)cc1Cl. The van der Waals surface area contributed by atoms with Crippen molar-refractivity contribution in [1.82, 2.24) is 0 Å². The standard InChI is InChI=1S/C10H11Cl2NO3/c1-15-9-4-6(11)8(3-7(9)12)13-5-10(14)16-2/h3-4,13H,5H2,1-2H3. The van der Waals surface area contributed by atoms with Gasteiger partial charge in [-0.15, -0.1) is 0 Å². The molecule has 0 atom stereocenters. The summed E-state index contributed by atoms with van der Waals surface area (Å²) in [6.45, 7) is 0.0267. The zero-order chi connectivity index (χ0) is 12.1. The molecule has 0 saturated carbocycles. The van der Waals surface area contributed by atoms with E-state index < -0.39 is 0 Å². The molecule has 0 heterocycles. The maximum absolute atomic E-state index is 10.9. The van der Waals surface area contributed by atoms with Gasteiger partial charge in [0.25, 0.3) is 0 Å². The third kappa shape index (κ3) is 3.18. The molecule has 1 aromatic rings. The van der Waals surface area contributed by atoms with E-state index in [1.165, 1.54) is 14.2 Å². The van der Waals surface area contributed by atoms with Crippen LogP contribution in [-0.4, -0.2) is 26.7 Å². The predicted octanol–water partition coefficient (Wildman–Crippen LogP) is 2.59. The number of ether oxygens (including phenoxy) is 2. The van der Waals surface area contributed by atoms with Gasteiger partial charge >= 0.3 is 5.97 Å². The van der Waals surface area contributed by atoms with Gasteiger partial charge in [0.1, 0.15) is 12.3 Å². The first-order chi connectivity index (χ1) is 7.58. The van der Waals surface area contributed by atoms with Gasteiger partial charge < -0.3 is 14.8 Å². The van der Waals surface area contributed by atoms with Crippen LogP contribution in [0.1, 0.15) is 0 Å². The van der Waals surface area contributed by atoms with E-state index in [2.05, 4.69) is 10.1 Å². The Morgan fingerprint density at radius 1 is 1.31 bits per heavy atom. The lowest BCUT2D eigenvalue weighted by Gasteiger charge is -2.10. The number of benzene rings is 1. The third-order valence-electron chi connectivity index (χ3n) is 1.89. The van der Waals surface area contributed by atoms with Gasteiger partial charge in [0, 0.05) is 6.07 Å². The van der Waals surface area contributed by atoms with E-state index in [0.29, 0.717) is 21.5 Å². The van der Waals surface area contributed by atoms with E-state index in [0.717, 1.165) is 0 Å². The summed E-state index contributed by atoms with van der Waals surface area (Å²) in [5, 5.41) is 3.65. The third-order valence-corrected chi connectivity index (χ3v) is 2.50. The van der Waals surface area contributed by atoms with Gasteiger partial charge in [-0.2, -0.15) is 0 Å². The minimum Gasteiger partial charge on any atom is -0.495 e. The smallest absolute Gasteiger partial charge is 0.325 e. The topological polar surface area (TPSA) is 47.6 Å². The molecule has 0 spiro atoms. The molecule has 0 aromatic heterocycles. The van der Waals surface area contributed by atoms with Crippen molar-refractivity contribution in [1.29, 1.82) is 0 Å². The molecule has 88 valence electrons. The van der Waals surface area contributed by atoms with Crippen LogP contribution in [0.3, 0.4) is 0 Å². The van der Waals surface area contributed by atoms with Crippen molar-refractivity contribution in [2.24, 2.45) is 0 Å². The Labute approximate surface area is 103 Å². The fourth-order valence-corrected chi connectivity index (χ4v) is 1.52. The Balaban J connectivity index is 2.81. The number of nitrogens with one attached hydrogen (secondary N) is 1. The highest BCUT2D eigenvalue weighted by Crippen LogP contribution is 2.33. The number of methoxy groups -OCH3 is 2. The normalized spacial score (nSPS) is 9.75. The Morgan fingerprint density at radius 2 is 2.00 bits per heavy atom. The summed E-state index contributed by atoms with van der Waals surface area (Å²) in [7, 11) is 2.81. The van der Waals surface area contributed by atoms with Crippen LogP contribution in [0, 0.1) is 0 Å². The van der Waals surface area contributed by atoms with Crippen LogP contribution < -0.4 is 10.1 Å². The molecule has 0 aliphatic heterocycles. The Kier molecular flexibility index (Phi) is 4.71. The number of halogens is 2. The molecule has 0 aliphatic carbocycles. The van der Waals surface area contributed by atoms with Crippen LogP contribution >= 0.6 is 23.2 Å². The number of carbonyl (C=O) groups is 1. The number of esters is 1. The van der Waals surface area contributed by atoms with Crippen LogP contribution in [0.25, 0.3) is 0 Å². The van der Waals surface area contributed by atoms with Crippen molar-refractivity contribution in [3.05, 3.63) is 22.2 Å². The van der Waals surface area contributed by atoms with E-state index in [9.17, 15) is 4.79 Å². The summed E-state index contributed by atoms with van der Waals surface area (Å²) >= 11 is 11.9. The molecule has 0 amide bonds. The molecule has 0 aliphatic rings. The lowest BCUT2D eigenvalue weighted by molar-refractivity contribution is -0.138. The Hall–Kier alpha value is -1.13. The lowest BCUT2D eigenvalue weighted by atomic mass is 10.3. The average Bonchev–Trinajstić information content (AvgIpc) is 2.29. The molecule has 1 aromatic carbocycles. The zero-order valence-corrected chi connectivity index (χ0v) is 10.4. The molecular formula is C10H11Cl2NO3. The van der Waals surface area contributed by atoms with Gasteiger partial charge in [0.05, 0.1) is 30.0 Å². The van der Waals surface area contributed by atoms with Crippen molar-refractivity contribution >= 4 is 34.9 Å². The van der Waals surface area contributed by atoms with Crippen molar-refractivity contribution in [2.75, 3.05) is 26.1 Å². The summed E-state index contributed by atoms with van der Waals surface area (Å²) in [4.78, 5) is 10.9. The monoisotopic (exact) mass is 263 g/mol. The molecule has 0 unspecified atom stereocenters. The summed E-state index contributed by atoms with van der Waals surface area (Å²) in [5.41, 5.74) is 0.554. The van der Waals surface area contributed by atoms with Crippen LogP contribution in [0.4, 0.5) is 5.69 Å². The maximum Gasteiger partial charge on any atom is 0.325 e. The van der Waals surface area contributed by atoms with Gasteiger partial charge in [-0.1, -0.05) is 23.2 Å². The number of carbonyl (C=O) groups excluding carboxylic acids is 1. The molecule has 1 N–H and O–H groups in total. The number of rotatable bonds is 4. The molecular weight excluding hydrogens is 253 g/mol. The molecule has 0 saturated heterocycles. The minimum atomic E-state index is -0.386. The van der Waals surface area contributed by atoms with E-state index in [1.807, 2.05) is 0 Å². The first kappa shape index (κ1) is 12.9. The van der Waals surface area contributed by atoms with Gasteiger partial charge in [-0.3, -0.25) is 4.79 Å². The molecule has 0 bridgehead atoms. The molecule has 4 nitrogen and oxygen atoms in total. The van der Waals surface area contributed by atoms with Crippen LogP contribution in [-0.2, 0) is 9.53 Å². The highest BCUT2D eigenvalue weighted by atomic mass is 35.5. The quantitative estimate of drug-likeness (QED) is 0.849. The average molecular weight is 264 g/mol. The van der Waals surface area contributed by atoms with Gasteiger partial charge in [-0.05, 0) is 6.07 Å². The number of hydrogen-bond acceptors (Lipinski definition) is 4. The minimum absolute atomic E-state index is 0.0267. The second kappa shape index (κ2) is 5.82. The van der Waals surface area contributed by atoms with Crippen LogP contribution in [0.15, 0.2) is 12.1 Å². The summed E-state index contributed by atoms with van der Waals surface area (Å²) in [5.74, 6) is 0.0956. The largest absolute Gasteiger partial charge is 0.495 e. The first-order valence-corrected chi connectivity index (χ1v) is 5.17. The van der Waals surface area contributed by atoms with Crippen molar-refractivity contribution in [3.8, 4) is 5.75 Å². The van der Waals surface area contributed by atoms with Gasteiger partial charge in [0.2, 0.25) is 0 Å². The Bertz CT molecular complexity index is 396. The van der Waals surface area contributed by atoms with E-state index in [4.69, 9.17) is 27.9 Å². The van der Waals surface area contributed by atoms with Crippen LogP contribution in [0.2, 0.25) is 10.0 Å². The summed E-state index contributed by atoms with van der Waals surface area (Å²) in [6.07, 6.45) is 0. The maximum atomic E-state index is 10.9. The highest BCUT2D eigenvalue weighted by Gasteiger charge is 2.08. The molecule has 1 rings (SSSR count). The van der Waals surface area contributed by atoms with Crippen LogP contribution in [0.5, 0.6) is 5.75 Å². The van der Waals surface area contributed by atoms with Crippen molar-refractivity contribution in [2.45, 2.75) is 0 Å². The second-order valence-corrected chi connectivity index (χ2v) is 3.71. The molecule has 0 radical (unpaired) electrons. The highest BCUT2D eigenvalue weighted by molar-refractivity contribution is 6.36. The molecule has 16 heavy (non-hydrogen) atoms. The zero-order valence-electron chi connectivity index (χ0n) is 8.84. The van der Waals surface area contributed by atoms with Gasteiger partial charge in [0.15, 0.2) is 0 Å². The molecule has 6 heteroatoms. The number of anilines is 1. The van der Waals surface area contributed by atoms with Crippen molar-refractivity contribution in [3.63, 3.8) is 0 Å².